The van der Waals surface area contributed by atoms with E-state index in [-0.39, 0.29) is 11.8 Å². The fourth-order valence-electron chi connectivity index (χ4n) is 3.40. The number of aryl methyl sites for hydroxylation is 1. The van der Waals surface area contributed by atoms with Gasteiger partial charge in [-0.1, -0.05) is 48.5 Å². The molecule has 3 aromatic rings. The highest BCUT2D eigenvalue weighted by atomic mass is 16.5. The number of hydrogen-bond acceptors (Lipinski definition) is 5. The molecule has 28 heavy (non-hydrogen) atoms. The van der Waals surface area contributed by atoms with Gasteiger partial charge in [0, 0.05) is 16.6 Å². The Morgan fingerprint density at radius 3 is 2.71 bits per heavy atom. The third-order valence-electron chi connectivity index (χ3n) is 4.68. The molecule has 138 valence electrons. The van der Waals surface area contributed by atoms with Gasteiger partial charge in [-0.2, -0.15) is 10.3 Å². The minimum absolute atomic E-state index is 0.244. The van der Waals surface area contributed by atoms with Crippen LogP contribution in [0.25, 0.3) is 10.9 Å². The van der Waals surface area contributed by atoms with E-state index in [1.165, 1.54) is 6.40 Å². The summed E-state index contributed by atoms with van der Waals surface area (Å²) in [5.74, 6) is 0.598. The van der Waals surface area contributed by atoms with Crippen LogP contribution in [0.3, 0.4) is 0 Å². The fraction of sp³-hybridized carbons (Fsp3) is 0.174. The molecule has 5 heteroatoms. The van der Waals surface area contributed by atoms with Crippen molar-refractivity contribution in [3.8, 4) is 11.8 Å². The molecule has 0 radical (unpaired) electrons. The number of aliphatic imine (C=N–C) groups is 1. The van der Waals surface area contributed by atoms with Crippen molar-refractivity contribution in [3.05, 3.63) is 82.9 Å². The standard InChI is InChI=1S/C23H19N3O2/c1-3-27-14-25-23-19(13-24)20(16-7-5-4-6-8-16)18-12-11-17-10-9-15(2)26-21(17)22(18)28-23/h4-12,14,20H,3H2,1-2H3/b25-14+. The lowest BCUT2D eigenvalue weighted by atomic mass is 9.83. The number of pyridine rings is 1. The summed E-state index contributed by atoms with van der Waals surface area (Å²) in [6, 6.07) is 20.2. The van der Waals surface area contributed by atoms with E-state index in [4.69, 9.17) is 9.47 Å². The van der Waals surface area contributed by atoms with E-state index in [1.807, 2.05) is 68.4 Å². The number of nitrogens with zero attached hydrogens (tertiary/aromatic N) is 3. The zero-order valence-electron chi connectivity index (χ0n) is 15.7. The van der Waals surface area contributed by atoms with Crippen molar-refractivity contribution in [2.45, 2.75) is 19.8 Å². The molecule has 1 atom stereocenters. The lowest BCUT2D eigenvalue weighted by Gasteiger charge is -2.27. The molecule has 0 spiro atoms. The molecule has 4 rings (SSSR count). The molecule has 0 amide bonds. The highest BCUT2D eigenvalue weighted by molar-refractivity contribution is 5.87. The Morgan fingerprint density at radius 2 is 1.96 bits per heavy atom. The Morgan fingerprint density at radius 1 is 1.18 bits per heavy atom. The van der Waals surface area contributed by atoms with Gasteiger partial charge in [-0.25, -0.2) is 4.98 Å². The van der Waals surface area contributed by atoms with Crippen LogP contribution < -0.4 is 4.74 Å². The minimum atomic E-state index is -0.282. The summed E-state index contributed by atoms with van der Waals surface area (Å²) in [6.07, 6.45) is 1.32. The average Bonchev–Trinajstić information content (AvgIpc) is 2.73. The van der Waals surface area contributed by atoms with Crippen LogP contribution in [0.1, 0.15) is 29.7 Å². The monoisotopic (exact) mass is 369 g/mol. The number of allylic oxidation sites excluding steroid dienone is 1. The summed E-state index contributed by atoms with van der Waals surface area (Å²) < 4.78 is 11.4. The third kappa shape index (κ3) is 3.10. The van der Waals surface area contributed by atoms with Gasteiger partial charge in [0.1, 0.15) is 17.2 Å². The summed E-state index contributed by atoms with van der Waals surface area (Å²) in [6.45, 7) is 4.30. The molecule has 1 aliphatic rings. The molecule has 0 fully saturated rings. The van der Waals surface area contributed by atoms with Gasteiger partial charge in [0.05, 0.1) is 12.5 Å². The molecule has 2 heterocycles. The fourth-order valence-corrected chi connectivity index (χ4v) is 3.40. The molecular formula is C23H19N3O2. The first-order valence-corrected chi connectivity index (χ1v) is 9.14. The SMILES string of the molecule is CCO/C=N/C1=C(C#N)C(c2ccccc2)c2ccc3ccc(C)nc3c2O1. The van der Waals surface area contributed by atoms with Crippen molar-refractivity contribution in [1.82, 2.24) is 4.98 Å². The van der Waals surface area contributed by atoms with E-state index >= 15 is 0 Å². The molecule has 0 N–H and O–H groups in total. The number of hydrogen-bond donors (Lipinski definition) is 0. The first kappa shape index (κ1) is 17.7. The number of benzene rings is 2. The van der Waals surface area contributed by atoms with Crippen molar-refractivity contribution < 1.29 is 9.47 Å². The van der Waals surface area contributed by atoms with Crippen molar-refractivity contribution in [2.75, 3.05) is 6.61 Å². The Hall–Kier alpha value is -3.65. The van der Waals surface area contributed by atoms with E-state index in [0.717, 1.165) is 27.7 Å². The summed E-state index contributed by atoms with van der Waals surface area (Å²) in [4.78, 5) is 8.97. The topological polar surface area (TPSA) is 67.5 Å². The van der Waals surface area contributed by atoms with E-state index in [1.54, 1.807) is 0 Å². The molecule has 0 aliphatic carbocycles. The Bertz CT molecular complexity index is 1130. The highest BCUT2D eigenvalue weighted by Crippen LogP contribution is 2.45. The molecule has 1 aromatic heterocycles. The van der Waals surface area contributed by atoms with E-state index < -0.39 is 0 Å². The average molecular weight is 369 g/mol. The summed E-state index contributed by atoms with van der Waals surface area (Å²) >= 11 is 0. The predicted molar refractivity (Wildman–Crippen MR) is 108 cm³/mol. The molecular weight excluding hydrogens is 350 g/mol. The van der Waals surface area contributed by atoms with Gasteiger partial charge in [0.25, 0.3) is 0 Å². The summed E-state index contributed by atoms with van der Waals surface area (Å²) in [7, 11) is 0. The van der Waals surface area contributed by atoms with E-state index in [0.29, 0.717) is 17.9 Å². The van der Waals surface area contributed by atoms with Crippen LogP contribution in [0.4, 0.5) is 0 Å². The van der Waals surface area contributed by atoms with Crippen LogP contribution in [-0.2, 0) is 4.74 Å². The molecule has 1 aliphatic heterocycles. The predicted octanol–water partition coefficient (Wildman–Crippen LogP) is 4.87. The summed E-state index contributed by atoms with van der Waals surface area (Å²) in [5, 5.41) is 10.9. The lowest BCUT2D eigenvalue weighted by Crippen LogP contribution is -2.16. The summed E-state index contributed by atoms with van der Waals surface area (Å²) in [5.41, 5.74) is 4.01. The van der Waals surface area contributed by atoms with Gasteiger partial charge in [-0.15, -0.1) is 0 Å². The van der Waals surface area contributed by atoms with Gasteiger partial charge in [-0.05, 0) is 25.5 Å². The van der Waals surface area contributed by atoms with E-state index in [9.17, 15) is 5.26 Å². The normalized spacial score (nSPS) is 16.0. The first-order chi connectivity index (χ1) is 13.7. The van der Waals surface area contributed by atoms with Gasteiger partial charge < -0.3 is 9.47 Å². The van der Waals surface area contributed by atoms with Gasteiger partial charge in [0.15, 0.2) is 12.2 Å². The van der Waals surface area contributed by atoms with Gasteiger partial charge >= 0.3 is 0 Å². The van der Waals surface area contributed by atoms with Crippen molar-refractivity contribution >= 4 is 17.3 Å². The van der Waals surface area contributed by atoms with Crippen LogP contribution in [0.5, 0.6) is 5.75 Å². The Kier molecular flexibility index (Phi) is 4.77. The second-order valence-electron chi connectivity index (χ2n) is 6.47. The smallest absolute Gasteiger partial charge is 0.236 e. The van der Waals surface area contributed by atoms with Gasteiger partial charge in [0.2, 0.25) is 5.88 Å². The molecule has 5 nitrogen and oxygen atoms in total. The number of rotatable bonds is 4. The van der Waals surface area contributed by atoms with Gasteiger partial charge in [-0.3, -0.25) is 0 Å². The number of fused-ring (bicyclic) bond motifs is 3. The maximum absolute atomic E-state index is 9.91. The maximum atomic E-state index is 9.91. The minimum Gasteiger partial charge on any atom is -0.483 e. The van der Waals surface area contributed by atoms with Crippen LogP contribution in [-0.4, -0.2) is 18.0 Å². The van der Waals surface area contributed by atoms with Crippen molar-refractivity contribution in [3.63, 3.8) is 0 Å². The highest BCUT2D eigenvalue weighted by Gasteiger charge is 2.33. The molecule has 0 saturated carbocycles. The molecule has 2 aromatic carbocycles. The third-order valence-corrected chi connectivity index (χ3v) is 4.68. The molecule has 1 unspecified atom stereocenters. The number of ether oxygens (including phenoxy) is 2. The quantitative estimate of drug-likeness (QED) is 0.486. The van der Waals surface area contributed by atoms with Crippen molar-refractivity contribution in [2.24, 2.45) is 4.99 Å². The van der Waals surface area contributed by atoms with E-state index in [2.05, 4.69) is 16.0 Å². The Labute approximate surface area is 163 Å². The van der Waals surface area contributed by atoms with Crippen molar-refractivity contribution in [1.29, 1.82) is 5.26 Å². The second kappa shape index (κ2) is 7.53. The van der Waals surface area contributed by atoms with Crippen LogP contribution in [0.2, 0.25) is 0 Å². The maximum Gasteiger partial charge on any atom is 0.236 e. The van der Waals surface area contributed by atoms with Crippen LogP contribution >= 0.6 is 0 Å². The Balaban J connectivity index is 1.98. The largest absolute Gasteiger partial charge is 0.483 e. The molecule has 0 saturated heterocycles. The lowest BCUT2D eigenvalue weighted by molar-refractivity contribution is 0.336. The number of aromatic nitrogens is 1. The first-order valence-electron chi connectivity index (χ1n) is 9.14. The zero-order valence-corrected chi connectivity index (χ0v) is 15.7. The zero-order chi connectivity index (χ0) is 19.5. The van der Waals surface area contributed by atoms with Crippen LogP contribution in [0.15, 0.2) is 71.0 Å². The second-order valence-corrected chi connectivity index (χ2v) is 6.47. The number of nitriles is 1. The van der Waals surface area contributed by atoms with Crippen LogP contribution in [0, 0.1) is 18.3 Å². The molecule has 0 bridgehead atoms.